The maximum absolute atomic E-state index is 12.7. The Morgan fingerprint density at radius 1 is 1.12 bits per heavy atom. The minimum absolute atomic E-state index is 0.00474. The van der Waals surface area contributed by atoms with E-state index in [1.54, 1.807) is 31.4 Å². The monoisotopic (exact) mass is 450 g/mol. The number of urea groups is 1. The maximum atomic E-state index is 12.7. The van der Waals surface area contributed by atoms with Crippen LogP contribution in [-0.4, -0.2) is 37.3 Å². The van der Waals surface area contributed by atoms with E-state index in [9.17, 15) is 4.79 Å². The van der Waals surface area contributed by atoms with Crippen molar-refractivity contribution in [2.45, 2.75) is 25.3 Å². The Labute approximate surface area is 193 Å². The molecule has 1 aliphatic rings. The van der Waals surface area contributed by atoms with Gasteiger partial charge in [-0.15, -0.1) is 0 Å². The predicted molar refractivity (Wildman–Crippen MR) is 129 cm³/mol. The van der Waals surface area contributed by atoms with Crippen molar-refractivity contribution in [2.75, 3.05) is 30.4 Å². The highest BCUT2D eigenvalue weighted by Crippen LogP contribution is 2.31. The minimum Gasteiger partial charge on any atom is -0.497 e. The summed E-state index contributed by atoms with van der Waals surface area (Å²) in [5.41, 5.74) is 4.02. The minimum atomic E-state index is -0.218. The van der Waals surface area contributed by atoms with Crippen molar-refractivity contribution >= 4 is 29.0 Å². The summed E-state index contributed by atoms with van der Waals surface area (Å²) >= 11 is 5.94. The molecule has 2 aromatic carbocycles. The zero-order valence-electron chi connectivity index (χ0n) is 18.2. The molecule has 1 aromatic heterocycles. The van der Waals surface area contributed by atoms with Crippen molar-refractivity contribution in [3.8, 4) is 5.75 Å². The number of aryl methyl sites for hydroxylation is 1. The first-order chi connectivity index (χ1) is 15.5. The molecule has 1 saturated heterocycles. The first-order valence-corrected chi connectivity index (χ1v) is 11.0. The lowest BCUT2D eigenvalue weighted by molar-refractivity contribution is 0.243. The van der Waals surface area contributed by atoms with Crippen molar-refractivity contribution in [3.63, 3.8) is 0 Å². The average Bonchev–Trinajstić information content (AvgIpc) is 2.81. The Morgan fingerprint density at radius 2 is 1.88 bits per heavy atom. The number of hydrogen-bond acceptors (Lipinski definition) is 4. The quantitative estimate of drug-likeness (QED) is 0.558. The van der Waals surface area contributed by atoms with E-state index in [0.29, 0.717) is 10.7 Å². The molecule has 7 heteroatoms. The Bertz CT molecular complexity index is 1060. The van der Waals surface area contributed by atoms with Crippen LogP contribution >= 0.6 is 11.6 Å². The van der Waals surface area contributed by atoms with Gasteiger partial charge in [0.1, 0.15) is 5.75 Å². The molecular weight excluding hydrogens is 424 g/mol. The number of ether oxygens (including phenoxy) is 1. The molecule has 2 unspecified atom stereocenters. The second kappa shape index (κ2) is 9.92. The Hall–Kier alpha value is -3.25. The highest BCUT2D eigenvalue weighted by Gasteiger charge is 2.32. The molecular formula is C25H27ClN4O2. The number of nitrogens with zero attached hydrogens (tertiary/aromatic N) is 2. The third-order valence-corrected chi connectivity index (χ3v) is 6.07. The van der Waals surface area contributed by atoms with E-state index >= 15 is 0 Å². The number of benzene rings is 2. The standard InChI is InChI=1S/C25H27ClN4O2/c1-17-15-21(11-13-27-17)30-14-12-24(23(16-30)18-3-9-22(32-2)10-4-18)29-25(31)28-20-7-5-19(26)6-8-20/h3-11,13,15,23-24H,12,14,16H2,1-2H3,(H2,28,29,31). The summed E-state index contributed by atoms with van der Waals surface area (Å²) in [4.78, 5) is 19.4. The summed E-state index contributed by atoms with van der Waals surface area (Å²) in [6.45, 7) is 3.64. The van der Waals surface area contributed by atoms with Crippen LogP contribution in [0, 0.1) is 6.92 Å². The molecule has 2 N–H and O–H groups in total. The third-order valence-electron chi connectivity index (χ3n) is 5.82. The fourth-order valence-corrected chi connectivity index (χ4v) is 4.27. The number of amides is 2. The van der Waals surface area contributed by atoms with E-state index in [1.165, 1.54) is 0 Å². The molecule has 4 rings (SSSR count). The van der Waals surface area contributed by atoms with Gasteiger partial charge in [-0.25, -0.2) is 4.79 Å². The summed E-state index contributed by atoms with van der Waals surface area (Å²) in [6, 6.07) is 19.1. The van der Waals surface area contributed by atoms with E-state index in [-0.39, 0.29) is 18.0 Å². The first kappa shape index (κ1) is 22.0. The molecule has 32 heavy (non-hydrogen) atoms. The van der Waals surface area contributed by atoms with E-state index < -0.39 is 0 Å². The number of nitrogens with one attached hydrogen (secondary N) is 2. The predicted octanol–water partition coefficient (Wildman–Crippen LogP) is 5.24. The normalized spacial score (nSPS) is 18.2. The average molecular weight is 451 g/mol. The number of carbonyl (C=O) groups excluding carboxylic acids is 1. The van der Waals surface area contributed by atoms with Gasteiger partial charge in [0.2, 0.25) is 0 Å². The zero-order chi connectivity index (χ0) is 22.5. The van der Waals surface area contributed by atoms with Gasteiger partial charge in [-0.1, -0.05) is 23.7 Å². The van der Waals surface area contributed by atoms with Gasteiger partial charge >= 0.3 is 6.03 Å². The molecule has 6 nitrogen and oxygen atoms in total. The van der Waals surface area contributed by atoms with Gasteiger partial charge in [0.25, 0.3) is 0 Å². The number of anilines is 2. The Morgan fingerprint density at radius 3 is 2.56 bits per heavy atom. The van der Waals surface area contributed by atoms with Crippen LogP contribution in [0.3, 0.4) is 0 Å². The number of pyridine rings is 1. The van der Waals surface area contributed by atoms with Gasteiger partial charge in [0, 0.05) is 53.3 Å². The molecule has 0 saturated carbocycles. The number of piperidine rings is 1. The molecule has 1 aliphatic heterocycles. The summed E-state index contributed by atoms with van der Waals surface area (Å²) < 4.78 is 5.32. The lowest BCUT2D eigenvalue weighted by Gasteiger charge is -2.40. The summed E-state index contributed by atoms with van der Waals surface area (Å²) in [5, 5.41) is 6.73. The molecule has 2 heterocycles. The van der Waals surface area contributed by atoms with E-state index in [1.807, 2.05) is 31.3 Å². The highest BCUT2D eigenvalue weighted by molar-refractivity contribution is 6.30. The molecule has 166 valence electrons. The van der Waals surface area contributed by atoms with Crippen LogP contribution in [-0.2, 0) is 0 Å². The SMILES string of the molecule is COc1ccc(C2CN(c3ccnc(C)c3)CCC2NC(=O)Nc2ccc(Cl)cc2)cc1. The largest absolute Gasteiger partial charge is 0.497 e. The van der Waals surface area contributed by atoms with Crippen LogP contribution in [0.5, 0.6) is 5.75 Å². The molecule has 2 amide bonds. The molecule has 3 aromatic rings. The topological polar surface area (TPSA) is 66.5 Å². The van der Waals surface area contributed by atoms with Crippen molar-refractivity contribution in [1.82, 2.24) is 10.3 Å². The van der Waals surface area contributed by atoms with Crippen molar-refractivity contribution in [2.24, 2.45) is 0 Å². The molecule has 0 radical (unpaired) electrons. The summed E-state index contributed by atoms with van der Waals surface area (Å²) in [7, 11) is 1.66. The molecule has 1 fully saturated rings. The van der Waals surface area contributed by atoms with E-state index in [2.05, 4.69) is 38.7 Å². The van der Waals surface area contributed by atoms with Crippen LogP contribution in [0.4, 0.5) is 16.2 Å². The molecule has 0 spiro atoms. The van der Waals surface area contributed by atoms with E-state index in [0.717, 1.165) is 42.2 Å². The second-order valence-electron chi connectivity index (χ2n) is 7.98. The van der Waals surface area contributed by atoms with Crippen LogP contribution in [0.25, 0.3) is 0 Å². The van der Waals surface area contributed by atoms with E-state index in [4.69, 9.17) is 16.3 Å². The second-order valence-corrected chi connectivity index (χ2v) is 8.42. The molecule has 0 bridgehead atoms. The van der Waals surface area contributed by atoms with Gasteiger partial charge in [0.15, 0.2) is 0 Å². The van der Waals surface area contributed by atoms with Gasteiger partial charge < -0.3 is 20.3 Å². The lowest BCUT2D eigenvalue weighted by Crippen LogP contribution is -2.50. The van der Waals surface area contributed by atoms with Gasteiger partial charge in [-0.05, 0) is 67.4 Å². The fraction of sp³-hybridized carbons (Fsp3) is 0.280. The number of rotatable bonds is 5. The maximum Gasteiger partial charge on any atom is 0.319 e. The smallest absolute Gasteiger partial charge is 0.319 e. The van der Waals surface area contributed by atoms with Crippen molar-refractivity contribution in [3.05, 3.63) is 83.1 Å². The highest BCUT2D eigenvalue weighted by atomic mass is 35.5. The Balaban J connectivity index is 1.52. The van der Waals surface area contributed by atoms with Crippen LogP contribution in [0.2, 0.25) is 5.02 Å². The van der Waals surface area contributed by atoms with Crippen molar-refractivity contribution < 1.29 is 9.53 Å². The lowest BCUT2D eigenvalue weighted by atomic mass is 9.85. The number of carbonyl (C=O) groups is 1. The summed E-state index contributed by atoms with van der Waals surface area (Å²) in [5.74, 6) is 0.940. The number of hydrogen-bond donors (Lipinski definition) is 2. The zero-order valence-corrected chi connectivity index (χ0v) is 19.0. The number of methoxy groups -OCH3 is 1. The number of aromatic nitrogens is 1. The molecule has 2 atom stereocenters. The first-order valence-electron chi connectivity index (χ1n) is 10.7. The third kappa shape index (κ3) is 5.32. The van der Waals surface area contributed by atoms with Crippen LogP contribution in [0.15, 0.2) is 66.9 Å². The Kier molecular flexibility index (Phi) is 6.81. The van der Waals surface area contributed by atoms with Crippen LogP contribution < -0.4 is 20.3 Å². The summed E-state index contributed by atoms with van der Waals surface area (Å²) in [6.07, 6.45) is 2.67. The van der Waals surface area contributed by atoms with Gasteiger partial charge in [-0.2, -0.15) is 0 Å². The molecule has 0 aliphatic carbocycles. The fourth-order valence-electron chi connectivity index (χ4n) is 4.14. The number of halogens is 1. The van der Waals surface area contributed by atoms with Gasteiger partial charge in [-0.3, -0.25) is 4.98 Å². The van der Waals surface area contributed by atoms with Gasteiger partial charge in [0.05, 0.1) is 7.11 Å². The van der Waals surface area contributed by atoms with Crippen LogP contribution in [0.1, 0.15) is 23.6 Å². The van der Waals surface area contributed by atoms with Crippen molar-refractivity contribution in [1.29, 1.82) is 0 Å².